The molecule has 172 valence electrons. The van der Waals surface area contributed by atoms with E-state index in [0.717, 1.165) is 25.7 Å². The number of amides is 1. The SMILES string of the molecule is CNNC(=O)CC[C@H](C)[C@@H]1CC[C@@H]2[C@H]3C(=O)C[C@H]4CC(=O)CC[C@@]4(C)[C@@H]3CC(=O)[C@]21C. The van der Waals surface area contributed by atoms with Gasteiger partial charge in [-0.1, -0.05) is 20.8 Å². The van der Waals surface area contributed by atoms with Crippen molar-refractivity contribution in [2.24, 2.45) is 46.3 Å². The Bertz CT molecular complexity index is 794. The summed E-state index contributed by atoms with van der Waals surface area (Å²) in [6.45, 7) is 6.53. The average Bonchev–Trinajstić information content (AvgIpc) is 3.07. The van der Waals surface area contributed by atoms with E-state index in [0.29, 0.717) is 43.7 Å². The summed E-state index contributed by atoms with van der Waals surface area (Å²) in [5.74, 6) is 1.62. The van der Waals surface area contributed by atoms with Crippen LogP contribution in [0.15, 0.2) is 0 Å². The summed E-state index contributed by atoms with van der Waals surface area (Å²) >= 11 is 0. The molecular weight excluding hydrogens is 392 g/mol. The minimum Gasteiger partial charge on any atom is -0.300 e. The lowest BCUT2D eigenvalue weighted by Crippen LogP contribution is -2.60. The molecule has 4 rings (SSSR count). The number of ketones is 3. The molecule has 0 saturated heterocycles. The minimum absolute atomic E-state index is 0.0302. The summed E-state index contributed by atoms with van der Waals surface area (Å²) < 4.78 is 0. The van der Waals surface area contributed by atoms with Gasteiger partial charge >= 0.3 is 0 Å². The molecule has 31 heavy (non-hydrogen) atoms. The highest BCUT2D eigenvalue weighted by Crippen LogP contribution is 2.66. The Morgan fingerprint density at radius 1 is 1.10 bits per heavy atom. The number of nitrogens with one attached hydrogen (secondary N) is 2. The fourth-order valence-corrected chi connectivity index (χ4v) is 8.15. The Balaban J connectivity index is 1.57. The number of carbonyl (C=O) groups excluding carboxylic acids is 4. The van der Waals surface area contributed by atoms with Crippen molar-refractivity contribution in [1.82, 2.24) is 10.9 Å². The van der Waals surface area contributed by atoms with Crippen molar-refractivity contribution < 1.29 is 19.2 Å². The Labute approximate surface area is 185 Å². The Morgan fingerprint density at radius 2 is 1.84 bits per heavy atom. The second-order valence-electron chi connectivity index (χ2n) is 11.3. The van der Waals surface area contributed by atoms with Gasteiger partial charge in [-0.05, 0) is 60.7 Å². The number of fused-ring (bicyclic) bond motifs is 5. The van der Waals surface area contributed by atoms with Gasteiger partial charge in [0.15, 0.2) is 0 Å². The van der Waals surface area contributed by atoms with Crippen LogP contribution >= 0.6 is 0 Å². The number of rotatable bonds is 5. The molecule has 1 amide bonds. The highest BCUT2D eigenvalue weighted by molar-refractivity contribution is 5.93. The predicted molar refractivity (Wildman–Crippen MR) is 117 cm³/mol. The average molecular weight is 431 g/mol. The highest BCUT2D eigenvalue weighted by atomic mass is 16.2. The summed E-state index contributed by atoms with van der Waals surface area (Å²) in [4.78, 5) is 51.1. The van der Waals surface area contributed by atoms with Gasteiger partial charge in [0.05, 0.1) is 0 Å². The van der Waals surface area contributed by atoms with Crippen molar-refractivity contribution in [1.29, 1.82) is 0 Å². The molecular formula is C25H38N2O4. The van der Waals surface area contributed by atoms with Gasteiger partial charge in [0, 0.05) is 50.5 Å². The molecule has 4 fully saturated rings. The molecule has 0 aromatic rings. The second-order valence-corrected chi connectivity index (χ2v) is 11.3. The first-order valence-corrected chi connectivity index (χ1v) is 12.2. The molecule has 0 aliphatic heterocycles. The van der Waals surface area contributed by atoms with E-state index >= 15 is 0 Å². The van der Waals surface area contributed by atoms with E-state index in [4.69, 9.17) is 0 Å². The van der Waals surface area contributed by atoms with Crippen LogP contribution in [0, 0.1) is 46.3 Å². The maximum Gasteiger partial charge on any atom is 0.234 e. The molecule has 4 aliphatic rings. The zero-order chi connectivity index (χ0) is 22.6. The number of hydrogen-bond donors (Lipinski definition) is 2. The van der Waals surface area contributed by atoms with Crippen LogP contribution in [0.2, 0.25) is 0 Å². The van der Waals surface area contributed by atoms with Crippen molar-refractivity contribution >= 4 is 23.3 Å². The van der Waals surface area contributed by atoms with Crippen LogP contribution in [-0.4, -0.2) is 30.3 Å². The van der Waals surface area contributed by atoms with E-state index in [-0.39, 0.29) is 52.6 Å². The largest absolute Gasteiger partial charge is 0.300 e. The number of Topliss-reactive ketones (excluding diaryl/α,β-unsaturated/α-hetero) is 3. The summed E-state index contributed by atoms with van der Waals surface area (Å²) in [5.41, 5.74) is 4.75. The molecule has 6 nitrogen and oxygen atoms in total. The molecule has 2 N–H and O–H groups in total. The van der Waals surface area contributed by atoms with Gasteiger partial charge in [0.1, 0.15) is 17.3 Å². The number of hydrazine groups is 1. The van der Waals surface area contributed by atoms with Crippen molar-refractivity contribution in [3.63, 3.8) is 0 Å². The molecule has 4 saturated carbocycles. The van der Waals surface area contributed by atoms with E-state index in [9.17, 15) is 19.2 Å². The quantitative estimate of drug-likeness (QED) is 0.653. The zero-order valence-corrected chi connectivity index (χ0v) is 19.5. The van der Waals surface area contributed by atoms with E-state index < -0.39 is 5.41 Å². The normalized spacial score (nSPS) is 43.1. The first kappa shape index (κ1) is 22.6. The van der Waals surface area contributed by atoms with Crippen molar-refractivity contribution in [3.8, 4) is 0 Å². The standard InChI is InChI=1S/C25H38N2O4/c1-14(5-8-22(31)27-26-4)17-6-7-18-23-19(13-21(30)25(17,18)3)24(2)10-9-16(28)11-15(24)12-20(23)29/h14-15,17-19,23,26H,5-13H2,1-4H3,(H,27,31)/t14-,15+,17-,18+,19+,23+,24+,25-/m0/s1. The lowest BCUT2D eigenvalue weighted by molar-refractivity contribution is -0.166. The molecule has 0 spiro atoms. The van der Waals surface area contributed by atoms with Gasteiger partial charge in [0.25, 0.3) is 0 Å². The molecule has 0 unspecified atom stereocenters. The minimum atomic E-state index is -0.469. The molecule has 6 heteroatoms. The maximum absolute atomic E-state index is 13.7. The van der Waals surface area contributed by atoms with Gasteiger partial charge in [-0.3, -0.25) is 24.6 Å². The van der Waals surface area contributed by atoms with E-state index in [2.05, 4.69) is 31.6 Å². The zero-order valence-electron chi connectivity index (χ0n) is 19.5. The van der Waals surface area contributed by atoms with Gasteiger partial charge in [-0.2, -0.15) is 0 Å². The second kappa shape index (κ2) is 8.09. The van der Waals surface area contributed by atoms with Crippen LogP contribution in [0.5, 0.6) is 0 Å². The van der Waals surface area contributed by atoms with Crippen molar-refractivity contribution in [2.75, 3.05) is 7.05 Å². The van der Waals surface area contributed by atoms with Crippen molar-refractivity contribution in [3.05, 3.63) is 0 Å². The van der Waals surface area contributed by atoms with Gasteiger partial charge in [-0.25, -0.2) is 5.43 Å². The molecule has 0 aromatic heterocycles. The monoisotopic (exact) mass is 430 g/mol. The molecule has 0 heterocycles. The van der Waals surface area contributed by atoms with Crippen LogP contribution < -0.4 is 10.9 Å². The van der Waals surface area contributed by atoms with Gasteiger partial charge < -0.3 is 0 Å². The molecule has 0 bridgehead atoms. The number of carbonyl (C=O) groups is 4. The molecule has 0 radical (unpaired) electrons. The Kier molecular flexibility index (Phi) is 5.91. The first-order chi connectivity index (χ1) is 14.6. The smallest absolute Gasteiger partial charge is 0.234 e. The van der Waals surface area contributed by atoms with Crippen LogP contribution in [0.3, 0.4) is 0 Å². The first-order valence-electron chi connectivity index (χ1n) is 12.2. The third-order valence-electron chi connectivity index (χ3n) is 10.00. The Hall–Kier alpha value is -1.56. The number of hydrogen-bond acceptors (Lipinski definition) is 5. The topological polar surface area (TPSA) is 92.3 Å². The van der Waals surface area contributed by atoms with Crippen LogP contribution in [-0.2, 0) is 19.2 Å². The third kappa shape index (κ3) is 3.49. The van der Waals surface area contributed by atoms with E-state index in [1.807, 2.05) is 0 Å². The van der Waals surface area contributed by atoms with E-state index in [1.54, 1.807) is 7.05 Å². The maximum atomic E-state index is 13.7. The van der Waals surface area contributed by atoms with Crippen molar-refractivity contribution in [2.45, 2.75) is 78.6 Å². The molecule has 4 aliphatic carbocycles. The van der Waals surface area contributed by atoms with Gasteiger partial charge in [0.2, 0.25) is 5.91 Å². The predicted octanol–water partition coefficient (Wildman–Crippen LogP) is 3.24. The van der Waals surface area contributed by atoms with E-state index in [1.165, 1.54) is 0 Å². The third-order valence-corrected chi connectivity index (χ3v) is 10.00. The lowest BCUT2D eigenvalue weighted by atomic mass is 9.44. The summed E-state index contributed by atoms with van der Waals surface area (Å²) in [6.07, 6.45) is 5.98. The fourth-order valence-electron chi connectivity index (χ4n) is 8.15. The Morgan fingerprint density at radius 3 is 2.55 bits per heavy atom. The summed E-state index contributed by atoms with van der Waals surface area (Å²) in [7, 11) is 1.68. The van der Waals surface area contributed by atoms with Crippen LogP contribution in [0.4, 0.5) is 0 Å². The van der Waals surface area contributed by atoms with Crippen LogP contribution in [0.25, 0.3) is 0 Å². The highest BCUT2D eigenvalue weighted by Gasteiger charge is 2.66. The summed E-state index contributed by atoms with van der Waals surface area (Å²) in [6, 6.07) is 0. The molecule has 0 aromatic carbocycles. The fraction of sp³-hybridized carbons (Fsp3) is 0.840. The summed E-state index contributed by atoms with van der Waals surface area (Å²) in [5, 5.41) is 0. The lowest BCUT2D eigenvalue weighted by Gasteiger charge is -2.58. The molecule has 8 atom stereocenters. The van der Waals surface area contributed by atoms with Crippen LogP contribution in [0.1, 0.15) is 78.6 Å². The van der Waals surface area contributed by atoms with Gasteiger partial charge in [-0.15, -0.1) is 0 Å².